The summed E-state index contributed by atoms with van der Waals surface area (Å²) in [6, 6.07) is 29.6. The van der Waals surface area contributed by atoms with Crippen LogP contribution < -0.4 is 14.8 Å². The second-order valence-electron chi connectivity index (χ2n) is 8.42. The summed E-state index contributed by atoms with van der Waals surface area (Å²) in [6.07, 6.45) is 9.87. The van der Waals surface area contributed by atoms with Crippen LogP contribution >= 0.6 is 0 Å². The average Bonchev–Trinajstić information content (AvgIpc) is 2.86. The molecular formula is C29H38O2Si. The number of benzene rings is 3. The zero-order chi connectivity index (χ0) is 22.5. The minimum atomic E-state index is -2.91. The van der Waals surface area contributed by atoms with Crippen molar-refractivity contribution in [2.75, 3.05) is 6.61 Å². The Morgan fingerprint density at radius 2 is 1.22 bits per heavy atom. The number of unbranched alkanes of at least 4 members (excludes halogenated alkanes) is 6. The van der Waals surface area contributed by atoms with Gasteiger partial charge >= 0.3 is 8.56 Å². The normalized spacial score (nSPS) is 11.4. The molecule has 0 aromatic heterocycles. The number of aryl methyl sites for hydroxylation is 1. The molecule has 0 unspecified atom stereocenters. The summed E-state index contributed by atoms with van der Waals surface area (Å²) in [4.78, 5) is 0. The summed E-state index contributed by atoms with van der Waals surface area (Å²) >= 11 is 0. The summed E-state index contributed by atoms with van der Waals surface area (Å²) in [6.45, 7) is 5.16. The summed E-state index contributed by atoms with van der Waals surface area (Å²) < 4.78 is 13.7. The van der Waals surface area contributed by atoms with Gasteiger partial charge in [0.2, 0.25) is 0 Å². The molecule has 0 amide bonds. The van der Waals surface area contributed by atoms with E-state index < -0.39 is 8.56 Å². The fourth-order valence-corrected chi connectivity index (χ4v) is 7.18. The SMILES string of the molecule is CCCCCCCCCO[Si](Oc1cccc(CC)c1)(c1ccccc1)c1ccccc1. The summed E-state index contributed by atoms with van der Waals surface area (Å²) in [7, 11) is -2.91. The minimum absolute atomic E-state index is 0.720. The lowest BCUT2D eigenvalue weighted by Crippen LogP contribution is -2.66. The van der Waals surface area contributed by atoms with Crippen LogP contribution in [-0.4, -0.2) is 15.2 Å². The molecule has 32 heavy (non-hydrogen) atoms. The van der Waals surface area contributed by atoms with Crippen LogP contribution in [0.15, 0.2) is 84.9 Å². The van der Waals surface area contributed by atoms with Gasteiger partial charge in [0.15, 0.2) is 0 Å². The Morgan fingerprint density at radius 1 is 0.625 bits per heavy atom. The molecule has 0 aliphatic rings. The Bertz CT molecular complexity index is 856. The standard InChI is InChI=1S/C29H38O2Si/c1-3-5-6-7-8-9-16-24-30-32(28-20-12-10-13-21-28,29-22-14-11-15-23-29)31-27-19-17-18-26(4-2)25-27/h10-15,17-23,25H,3-9,16,24H2,1-2H3. The summed E-state index contributed by atoms with van der Waals surface area (Å²) in [5.41, 5.74) is 1.28. The molecule has 0 fully saturated rings. The van der Waals surface area contributed by atoms with Gasteiger partial charge in [-0.2, -0.15) is 0 Å². The molecule has 0 aliphatic carbocycles. The van der Waals surface area contributed by atoms with Crippen molar-refractivity contribution < 1.29 is 8.85 Å². The molecule has 0 saturated carbocycles. The molecule has 0 heterocycles. The minimum Gasteiger partial charge on any atom is -0.514 e. The molecule has 2 nitrogen and oxygen atoms in total. The Balaban J connectivity index is 1.84. The molecule has 3 aromatic carbocycles. The highest BCUT2D eigenvalue weighted by Crippen LogP contribution is 2.20. The predicted octanol–water partition coefficient (Wildman–Crippen LogP) is 6.65. The van der Waals surface area contributed by atoms with Gasteiger partial charge in [-0.25, -0.2) is 0 Å². The van der Waals surface area contributed by atoms with E-state index >= 15 is 0 Å². The number of hydrogen-bond donors (Lipinski definition) is 0. The van der Waals surface area contributed by atoms with Crippen LogP contribution in [0.4, 0.5) is 0 Å². The van der Waals surface area contributed by atoms with E-state index in [-0.39, 0.29) is 0 Å². The molecule has 0 atom stereocenters. The lowest BCUT2D eigenvalue weighted by atomic mass is 10.1. The summed E-state index contributed by atoms with van der Waals surface area (Å²) in [5, 5.41) is 2.30. The fraction of sp³-hybridized carbons (Fsp3) is 0.379. The molecule has 170 valence electrons. The van der Waals surface area contributed by atoms with E-state index in [0.717, 1.165) is 35.6 Å². The zero-order valence-electron chi connectivity index (χ0n) is 19.8. The van der Waals surface area contributed by atoms with Crippen molar-refractivity contribution in [3.63, 3.8) is 0 Å². The molecule has 0 aliphatic heterocycles. The van der Waals surface area contributed by atoms with Gasteiger partial charge in [-0.3, -0.25) is 0 Å². The van der Waals surface area contributed by atoms with Crippen LogP contribution in [-0.2, 0) is 10.8 Å². The van der Waals surface area contributed by atoms with Crippen LogP contribution in [0.2, 0.25) is 0 Å². The third-order valence-electron chi connectivity index (χ3n) is 5.93. The van der Waals surface area contributed by atoms with Crippen LogP contribution in [0.5, 0.6) is 5.75 Å². The van der Waals surface area contributed by atoms with Crippen molar-refractivity contribution in [1.82, 2.24) is 0 Å². The van der Waals surface area contributed by atoms with Crippen molar-refractivity contribution in [3.05, 3.63) is 90.5 Å². The third kappa shape index (κ3) is 6.82. The molecule has 3 heteroatoms. The topological polar surface area (TPSA) is 18.5 Å². The lowest BCUT2D eigenvalue weighted by Gasteiger charge is -2.32. The van der Waals surface area contributed by atoms with E-state index in [1.807, 2.05) is 0 Å². The Morgan fingerprint density at radius 3 is 1.81 bits per heavy atom. The van der Waals surface area contributed by atoms with Gasteiger partial charge in [-0.1, -0.05) is 125 Å². The monoisotopic (exact) mass is 446 g/mol. The highest BCUT2D eigenvalue weighted by atomic mass is 28.4. The van der Waals surface area contributed by atoms with Crippen molar-refractivity contribution in [1.29, 1.82) is 0 Å². The van der Waals surface area contributed by atoms with E-state index in [2.05, 4.69) is 98.8 Å². The molecule has 3 rings (SSSR count). The van der Waals surface area contributed by atoms with Crippen LogP contribution in [0.25, 0.3) is 0 Å². The van der Waals surface area contributed by atoms with E-state index in [4.69, 9.17) is 8.85 Å². The second kappa shape index (κ2) is 13.2. The molecule has 0 bridgehead atoms. The van der Waals surface area contributed by atoms with Crippen LogP contribution in [0.1, 0.15) is 64.4 Å². The molecular weight excluding hydrogens is 408 g/mol. The van der Waals surface area contributed by atoms with Gasteiger partial charge in [-0.15, -0.1) is 0 Å². The predicted molar refractivity (Wildman–Crippen MR) is 138 cm³/mol. The maximum absolute atomic E-state index is 6.89. The van der Waals surface area contributed by atoms with E-state index in [0.29, 0.717) is 0 Å². The van der Waals surface area contributed by atoms with E-state index in [1.54, 1.807) is 0 Å². The van der Waals surface area contributed by atoms with Crippen molar-refractivity contribution in [2.45, 2.75) is 65.2 Å². The first kappa shape index (κ1) is 24.3. The van der Waals surface area contributed by atoms with Crippen molar-refractivity contribution in [3.8, 4) is 5.75 Å². The van der Waals surface area contributed by atoms with Gasteiger partial charge < -0.3 is 8.85 Å². The van der Waals surface area contributed by atoms with Gasteiger partial charge in [0.05, 0.1) is 0 Å². The summed E-state index contributed by atoms with van der Waals surface area (Å²) in [5.74, 6) is 0.892. The Kier molecular flexibility index (Phi) is 10.1. The average molecular weight is 447 g/mol. The second-order valence-corrected chi connectivity index (χ2v) is 11.3. The first-order valence-electron chi connectivity index (χ1n) is 12.3. The van der Waals surface area contributed by atoms with Gasteiger partial charge in [0, 0.05) is 17.0 Å². The first-order valence-corrected chi connectivity index (χ1v) is 14.1. The quantitative estimate of drug-likeness (QED) is 0.204. The van der Waals surface area contributed by atoms with Crippen molar-refractivity contribution in [2.24, 2.45) is 0 Å². The van der Waals surface area contributed by atoms with E-state index in [1.165, 1.54) is 44.1 Å². The van der Waals surface area contributed by atoms with Crippen LogP contribution in [0.3, 0.4) is 0 Å². The lowest BCUT2D eigenvalue weighted by molar-refractivity contribution is 0.252. The van der Waals surface area contributed by atoms with E-state index in [9.17, 15) is 0 Å². The van der Waals surface area contributed by atoms with Gasteiger partial charge in [0.25, 0.3) is 0 Å². The van der Waals surface area contributed by atoms with Crippen LogP contribution in [0, 0.1) is 0 Å². The largest absolute Gasteiger partial charge is 0.514 e. The highest BCUT2D eigenvalue weighted by molar-refractivity contribution is 6.93. The molecule has 0 spiro atoms. The molecule has 3 aromatic rings. The van der Waals surface area contributed by atoms with Crippen molar-refractivity contribution >= 4 is 18.9 Å². The zero-order valence-corrected chi connectivity index (χ0v) is 20.8. The van der Waals surface area contributed by atoms with Gasteiger partial charge in [0.1, 0.15) is 5.75 Å². The maximum atomic E-state index is 6.89. The third-order valence-corrected chi connectivity index (χ3v) is 9.25. The van der Waals surface area contributed by atoms with Gasteiger partial charge in [-0.05, 0) is 30.5 Å². The Labute approximate surface area is 195 Å². The first-order chi connectivity index (χ1) is 15.8. The molecule has 0 saturated heterocycles. The molecule has 0 N–H and O–H groups in total. The highest BCUT2D eigenvalue weighted by Gasteiger charge is 2.45. The number of rotatable bonds is 14. The molecule has 0 radical (unpaired) electrons. The number of hydrogen-bond acceptors (Lipinski definition) is 2. The maximum Gasteiger partial charge on any atom is 0.468 e. The Hall–Kier alpha value is -2.36. The smallest absolute Gasteiger partial charge is 0.468 e. The fourth-order valence-electron chi connectivity index (χ4n) is 4.07.